The van der Waals surface area contributed by atoms with E-state index in [0.717, 1.165) is 11.1 Å². The summed E-state index contributed by atoms with van der Waals surface area (Å²) < 4.78 is 6.28. The van der Waals surface area contributed by atoms with Crippen LogP contribution in [0.2, 0.25) is 0 Å². The first kappa shape index (κ1) is 12.2. The zero-order valence-electron chi connectivity index (χ0n) is 8.20. The lowest BCUT2D eigenvalue weighted by Crippen LogP contribution is -2.13. The molecule has 1 aromatic heterocycles. The second kappa shape index (κ2) is 6.56. The Morgan fingerprint density at radius 3 is 3.00 bits per heavy atom. The van der Waals surface area contributed by atoms with Crippen LogP contribution in [0.3, 0.4) is 0 Å². The molecule has 1 N–H and O–H groups in total. The number of aliphatic hydroxyl groups is 1. The van der Waals surface area contributed by atoms with E-state index >= 15 is 0 Å². The molecule has 0 saturated carbocycles. The van der Waals surface area contributed by atoms with E-state index in [2.05, 4.69) is 15.9 Å². The molecule has 0 aliphatic carbocycles. The highest BCUT2D eigenvalue weighted by molar-refractivity contribution is 9.10. The molecule has 2 nitrogen and oxygen atoms in total. The van der Waals surface area contributed by atoms with Gasteiger partial charge in [0.25, 0.3) is 0 Å². The summed E-state index contributed by atoms with van der Waals surface area (Å²) in [4.78, 5) is 1.20. The van der Waals surface area contributed by atoms with E-state index in [1.807, 2.05) is 18.4 Å². The maximum atomic E-state index is 9.68. The molecule has 0 spiro atoms. The molecular formula is C10H15BrO2S. The van der Waals surface area contributed by atoms with Crippen molar-refractivity contribution in [1.82, 2.24) is 0 Å². The fourth-order valence-electron chi connectivity index (χ4n) is 1.15. The molecule has 4 heteroatoms. The van der Waals surface area contributed by atoms with Gasteiger partial charge in [-0.1, -0.05) is 0 Å². The number of thiophene rings is 1. The van der Waals surface area contributed by atoms with Gasteiger partial charge in [0, 0.05) is 29.0 Å². The molecule has 0 fully saturated rings. The summed E-state index contributed by atoms with van der Waals surface area (Å²) in [6.45, 7) is 3.32. The zero-order chi connectivity index (χ0) is 10.4. The fourth-order valence-corrected chi connectivity index (χ4v) is 2.74. The van der Waals surface area contributed by atoms with Crippen LogP contribution >= 0.6 is 27.3 Å². The Bertz CT molecular complexity index is 262. The SMILES string of the molecule is CCOCCC(O)Cc1sccc1Br. The van der Waals surface area contributed by atoms with Gasteiger partial charge in [-0.15, -0.1) is 11.3 Å². The van der Waals surface area contributed by atoms with Crippen molar-refractivity contribution in [3.05, 3.63) is 20.8 Å². The summed E-state index contributed by atoms with van der Waals surface area (Å²) in [6.07, 6.45) is 1.13. The van der Waals surface area contributed by atoms with Gasteiger partial charge < -0.3 is 9.84 Å². The first-order valence-corrected chi connectivity index (χ1v) is 6.39. The fraction of sp³-hybridized carbons (Fsp3) is 0.600. The predicted molar refractivity (Wildman–Crippen MR) is 62.8 cm³/mol. The maximum Gasteiger partial charge on any atom is 0.0610 e. The molecular weight excluding hydrogens is 264 g/mol. The molecule has 0 saturated heterocycles. The highest BCUT2D eigenvalue weighted by Gasteiger charge is 2.09. The van der Waals surface area contributed by atoms with E-state index in [0.29, 0.717) is 19.4 Å². The van der Waals surface area contributed by atoms with Gasteiger partial charge in [-0.05, 0) is 40.7 Å². The quantitative estimate of drug-likeness (QED) is 0.811. The summed E-state index contributed by atoms with van der Waals surface area (Å²) in [5, 5.41) is 11.7. The minimum atomic E-state index is -0.295. The monoisotopic (exact) mass is 278 g/mol. The van der Waals surface area contributed by atoms with Crippen LogP contribution in [0.25, 0.3) is 0 Å². The van der Waals surface area contributed by atoms with E-state index in [1.54, 1.807) is 11.3 Å². The average Bonchev–Trinajstić information content (AvgIpc) is 2.52. The van der Waals surface area contributed by atoms with Crippen molar-refractivity contribution in [2.75, 3.05) is 13.2 Å². The van der Waals surface area contributed by atoms with E-state index < -0.39 is 0 Å². The van der Waals surface area contributed by atoms with Crippen molar-refractivity contribution < 1.29 is 9.84 Å². The second-order valence-corrected chi connectivity index (χ2v) is 4.89. The lowest BCUT2D eigenvalue weighted by molar-refractivity contribution is 0.0890. The Labute approximate surface area is 97.0 Å². The molecule has 1 rings (SSSR count). The molecule has 0 radical (unpaired) electrons. The summed E-state index contributed by atoms with van der Waals surface area (Å²) in [5.74, 6) is 0. The van der Waals surface area contributed by atoms with Gasteiger partial charge in [0.15, 0.2) is 0 Å². The van der Waals surface area contributed by atoms with E-state index in [9.17, 15) is 5.11 Å². The minimum absolute atomic E-state index is 0.295. The van der Waals surface area contributed by atoms with Gasteiger partial charge in [0.1, 0.15) is 0 Å². The Balaban J connectivity index is 2.27. The smallest absolute Gasteiger partial charge is 0.0610 e. The third-order valence-corrected chi connectivity index (χ3v) is 3.86. The number of halogens is 1. The number of hydrogen-bond acceptors (Lipinski definition) is 3. The topological polar surface area (TPSA) is 29.5 Å². The predicted octanol–water partition coefficient (Wildman–Crippen LogP) is 2.84. The molecule has 1 unspecified atom stereocenters. The third-order valence-electron chi connectivity index (χ3n) is 1.91. The van der Waals surface area contributed by atoms with Gasteiger partial charge in [-0.2, -0.15) is 0 Å². The van der Waals surface area contributed by atoms with Crippen molar-refractivity contribution in [1.29, 1.82) is 0 Å². The van der Waals surface area contributed by atoms with Crippen LogP contribution in [0.4, 0.5) is 0 Å². The van der Waals surface area contributed by atoms with Crippen LogP contribution in [0.1, 0.15) is 18.2 Å². The van der Waals surface area contributed by atoms with Crippen molar-refractivity contribution in [2.24, 2.45) is 0 Å². The maximum absolute atomic E-state index is 9.68. The second-order valence-electron chi connectivity index (χ2n) is 3.04. The van der Waals surface area contributed by atoms with Crippen molar-refractivity contribution in [2.45, 2.75) is 25.9 Å². The normalized spacial score (nSPS) is 13.1. The van der Waals surface area contributed by atoms with E-state index in [1.165, 1.54) is 4.88 Å². The molecule has 80 valence electrons. The first-order valence-electron chi connectivity index (χ1n) is 4.71. The number of rotatable bonds is 6. The van der Waals surface area contributed by atoms with Gasteiger partial charge in [0.2, 0.25) is 0 Å². The summed E-state index contributed by atoms with van der Waals surface area (Å²) in [7, 11) is 0. The van der Waals surface area contributed by atoms with Crippen LogP contribution < -0.4 is 0 Å². The highest BCUT2D eigenvalue weighted by atomic mass is 79.9. The Morgan fingerprint density at radius 1 is 1.64 bits per heavy atom. The lowest BCUT2D eigenvalue weighted by atomic mass is 10.2. The summed E-state index contributed by atoms with van der Waals surface area (Å²) in [6, 6.07) is 2.01. The Morgan fingerprint density at radius 2 is 2.43 bits per heavy atom. The van der Waals surface area contributed by atoms with E-state index in [-0.39, 0.29) is 6.10 Å². The lowest BCUT2D eigenvalue weighted by Gasteiger charge is -2.09. The molecule has 14 heavy (non-hydrogen) atoms. The number of hydrogen-bond donors (Lipinski definition) is 1. The summed E-state index contributed by atoms with van der Waals surface area (Å²) >= 11 is 5.11. The van der Waals surface area contributed by atoms with Crippen molar-refractivity contribution >= 4 is 27.3 Å². The molecule has 0 aliphatic heterocycles. The van der Waals surface area contributed by atoms with Crippen molar-refractivity contribution in [3.63, 3.8) is 0 Å². The van der Waals surface area contributed by atoms with Gasteiger partial charge >= 0.3 is 0 Å². The van der Waals surface area contributed by atoms with Crippen molar-refractivity contribution in [3.8, 4) is 0 Å². The van der Waals surface area contributed by atoms with Crippen LogP contribution in [0.5, 0.6) is 0 Å². The van der Waals surface area contributed by atoms with Gasteiger partial charge in [-0.25, -0.2) is 0 Å². The molecule has 1 atom stereocenters. The molecule has 0 aromatic carbocycles. The molecule has 0 bridgehead atoms. The minimum Gasteiger partial charge on any atom is -0.393 e. The van der Waals surface area contributed by atoms with Crippen LogP contribution in [-0.2, 0) is 11.2 Å². The number of aliphatic hydroxyl groups excluding tert-OH is 1. The zero-order valence-corrected chi connectivity index (χ0v) is 10.6. The molecule has 0 amide bonds. The standard InChI is InChI=1S/C10H15BrO2S/c1-2-13-5-3-8(12)7-10-9(11)4-6-14-10/h4,6,8,12H,2-3,5,7H2,1H3. The van der Waals surface area contributed by atoms with E-state index in [4.69, 9.17) is 4.74 Å². The molecule has 0 aliphatic rings. The highest BCUT2D eigenvalue weighted by Crippen LogP contribution is 2.24. The summed E-state index contributed by atoms with van der Waals surface area (Å²) in [5.41, 5.74) is 0. The number of ether oxygens (including phenoxy) is 1. The Kier molecular flexibility index (Phi) is 5.70. The van der Waals surface area contributed by atoms with Gasteiger partial charge in [-0.3, -0.25) is 0 Å². The first-order chi connectivity index (χ1) is 6.74. The van der Waals surface area contributed by atoms with Gasteiger partial charge in [0.05, 0.1) is 6.10 Å². The van der Waals surface area contributed by atoms with Crippen LogP contribution in [0.15, 0.2) is 15.9 Å². The average molecular weight is 279 g/mol. The van der Waals surface area contributed by atoms with Crippen LogP contribution in [0, 0.1) is 0 Å². The molecule has 1 heterocycles. The largest absolute Gasteiger partial charge is 0.393 e. The van der Waals surface area contributed by atoms with Crippen LogP contribution in [-0.4, -0.2) is 24.4 Å². The Hall–Kier alpha value is 0.100. The molecule has 1 aromatic rings. The third kappa shape index (κ3) is 4.09.